The van der Waals surface area contributed by atoms with Crippen LogP contribution in [-0.2, 0) is 9.53 Å². The number of rotatable bonds is 7. The summed E-state index contributed by atoms with van der Waals surface area (Å²) in [6, 6.07) is 2.56. The molecule has 27 heavy (non-hydrogen) atoms. The zero-order chi connectivity index (χ0) is 20.1. The lowest BCUT2D eigenvalue weighted by Crippen LogP contribution is -2.48. The Bertz CT molecular complexity index is 732. The molecule has 0 saturated heterocycles. The summed E-state index contributed by atoms with van der Waals surface area (Å²) < 4.78 is 33.9. The van der Waals surface area contributed by atoms with Crippen LogP contribution in [0.15, 0.2) is 29.5 Å². The third-order valence-corrected chi connectivity index (χ3v) is 4.71. The van der Waals surface area contributed by atoms with Gasteiger partial charge in [0.15, 0.2) is 5.11 Å². The molecule has 0 aromatic heterocycles. The van der Waals surface area contributed by atoms with E-state index in [9.17, 15) is 13.6 Å². The number of carbonyl (C=O) groups is 1. The summed E-state index contributed by atoms with van der Waals surface area (Å²) in [6.45, 7) is 4.98. The largest absolute Gasteiger partial charge is 0.463 e. The number of ether oxygens (including phenoxy) is 1. The standard InChI is InChI=1S/C19H25F2N3O2S/c1-5-26-18(25)15-12(2)24(11-7-10-23(3)4)19(27)22-17(15)16-13(20)8-6-9-14(16)21/h6,8-9,17H,5,7,10-11H2,1-4H3,(H,22,27)/t17-/m0/s1. The average molecular weight is 397 g/mol. The van der Waals surface area contributed by atoms with Gasteiger partial charge in [0.05, 0.1) is 23.8 Å². The minimum atomic E-state index is -1.04. The number of hydrogen-bond acceptors (Lipinski definition) is 4. The highest BCUT2D eigenvalue weighted by Crippen LogP contribution is 2.34. The van der Waals surface area contributed by atoms with Gasteiger partial charge in [0, 0.05) is 12.2 Å². The highest BCUT2D eigenvalue weighted by molar-refractivity contribution is 7.80. The minimum Gasteiger partial charge on any atom is -0.463 e. The fourth-order valence-corrected chi connectivity index (χ4v) is 3.42. The van der Waals surface area contributed by atoms with Crippen LogP contribution < -0.4 is 5.32 Å². The van der Waals surface area contributed by atoms with Crippen molar-refractivity contribution in [2.45, 2.75) is 26.3 Å². The van der Waals surface area contributed by atoms with E-state index in [-0.39, 0.29) is 17.7 Å². The number of thiocarbonyl (C=S) groups is 1. The minimum absolute atomic E-state index is 0.160. The molecule has 1 aliphatic rings. The number of halogens is 2. The number of carbonyl (C=O) groups excluding carboxylic acids is 1. The second-order valence-electron chi connectivity index (χ2n) is 6.55. The fraction of sp³-hybridized carbons (Fsp3) is 0.474. The number of esters is 1. The Balaban J connectivity index is 2.47. The van der Waals surface area contributed by atoms with Crippen molar-refractivity contribution in [2.75, 3.05) is 33.8 Å². The Morgan fingerprint density at radius 1 is 1.33 bits per heavy atom. The molecule has 0 unspecified atom stereocenters. The summed E-state index contributed by atoms with van der Waals surface area (Å²) in [5, 5.41) is 3.25. The summed E-state index contributed by atoms with van der Waals surface area (Å²) in [4.78, 5) is 16.4. The number of nitrogens with one attached hydrogen (secondary N) is 1. The van der Waals surface area contributed by atoms with Gasteiger partial charge in [0.2, 0.25) is 0 Å². The van der Waals surface area contributed by atoms with E-state index in [1.807, 2.05) is 19.0 Å². The van der Waals surface area contributed by atoms with Crippen LogP contribution in [0.25, 0.3) is 0 Å². The van der Waals surface area contributed by atoms with E-state index in [4.69, 9.17) is 17.0 Å². The second-order valence-corrected chi connectivity index (χ2v) is 6.93. The van der Waals surface area contributed by atoms with Gasteiger partial charge in [-0.15, -0.1) is 0 Å². The quantitative estimate of drug-likeness (QED) is 0.564. The molecule has 0 bridgehead atoms. The molecule has 1 N–H and O–H groups in total. The Kier molecular flexibility index (Phi) is 7.26. The lowest BCUT2D eigenvalue weighted by Gasteiger charge is -2.37. The molecule has 0 amide bonds. The van der Waals surface area contributed by atoms with Gasteiger partial charge in [-0.2, -0.15) is 0 Å². The molecule has 1 aliphatic heterocycles. The van der Waals surface area contributed by atoms with Crippen molar-refractivity contribution >= 4 is 23.3 Å². The Hall–Kier alpha value is -2.06. The molecule has 8 heteroatoms. The number of hydrogen-bond donors (Lipinski definition) is 1. The Labute approximate surface area is 164 Å². The first kappa shape index (κ1) is 21.2. The van der Waals surface area contributed by atoms with Crippen molar-refractivity contribution in [1.29, 1.82) is 0 Å². The molecule has 0 fully saturated rings. The maximum absolute atomic E-state index is 14.4. The molecule has 0 radical (unpaired) electrons. The van der Waals surface area contributed by atoms with Crippen LogP contribution in [0.3, 0.4) is 0 Å². The second kappa shape index (κ2) is 9.23. The maximum atomic E-state index is 14.4. The zero-order valence-electron chi connectivity index (χ0n) is 16.0. The van der Waals surface area contributed by atoms with Crippen LogP contribution >= 0.6 is 12.2 Å². The monoisotopic (exact) mass is 397 g/mol. The number of allylic oxidation sites excluding steroid dienone is 1. The van der Waals surface area contributed by atoms with Crippen molar-refractivity contribution in [3.05, 3.63) is 46.7 Å². The predicted octanol–water partition coefficient (Wildman–Crippen LogP) is 2.98. The molecule has 148 valence electrons. The summed E-state index contributed by atoms with van der Waals surface area (Å²) in [5.74, 6) is -2.10. The third kappa shape index (κ3) is 4.81. The molecule has 2 rings (SSSR count). The van der Waals surface area contributed by atoms with E-state index in [1.54, 1.807) is 18.7 Å². The first-order valence-electron chi connectivity index (χ1n) is 8.82. The molecular formula is C19H25F2N3O2S. The van der Waals surface area contributed by atoms with E-state index < -0.39 is 23.6 Å². The topological polar surface area (TPSA) is 44.8 Å². The molecule has 0 aliphatic carbocycles. The Morgan fingerprint density at radius 3 is 2.52 bits per heavy atom. The molecule has 0 spiro atoms. The summed E-state index contributed by atoms with van der Waals surface area (Å²) in [6.07, 6.45) is 0.807. The molecule has 1 heterocycles. The number of benzene rings is 1. The lowest BCUT2D eigenvalue weighted by molar-refractivity contribution is -0.139. The van der Waals surface area contributed by atoms with Gasteiger partial charge >= 0.3 is 5.97 Å². The van der Waals surface area contributed by atoms with E-state index in [0.29, 0.717) is 17.4 Å². The van der Waals surface area contributed by atoms with E-state index in [0.717, 1.165) is 25.1 Å². The van der Waals surface area contributed by atoms with Gasteiger partial charge in [0.25, 0.3) is 0 Å². The molecule has 1 atom stereocenters. The third-order valence-electron chi connectivity index (χ3n) is 4.37. The van der Waals surface area contributed by atoms with Crippen LogP contribution in [-0.4, -0.2) is 54.7 Å². The van der Waals surface area contributed by atoms with Crippen LogP contribution in [0.1, 0.15) is 31.9 Å². The molecule has 5 nitrogen and oxygen atoms in total. The summed E-state index contributed by atoms with van der Waals surface area (Å²) >= 11 is 5.42. The zero-order valence-corrected chi connectivity index (χ0v) is 16.8. The van der Waals surface area contributed by atoms with E-state index in [1.165, 1.54) is 6.07 Å². The maximum Gasteiger partial charge on any atom is 0.338 e. The molecule has 1 aromatic rings. The first-order chi connectivity index (χ1) is 12.8. The van der Waals surface area contributed by atoms with Gasteiger partial charge < -0.3 is 19.9 Å². The highest BCUT2D eigenvalue weighted by atomic mass is 32.1. The van der Waals surface area contributed by atoms with Crippen molar-refractivity contribution < 1.29 is 18.3 Å². The smallest absolute Gasteiger partial charge is 0.338 e. The van der Waals surface area contributed by atoms with Gasteiger partial charge in [-0.3, -0.25) is 0 Å². The van der Waals surface area contributed by atoms with Gasteiger partial charge in [-0.25, -0.2) is 13.6 Å². The van der Waals surface area contributed by atoms with Crippen molar-refractivity contribution in [1.82, 2.24) is 15.1 Å². The van der Waals surface area contributed by atoms with Crippen LogP contribution in [0.5, 0.6) is 0 Å². The van der Waals surface area contributed by atoms with Gasteiger partial charge in [0.1, 0.15) is 11.6 Å². The first-order valence-corrected chi connectivity index (χ1v) is 9.23. The predicted molar refractivity (Wildman–Crippen MR) is 104 cm³/mol. The SMILES string of the molecule is CCOC(=O)C1=C(C)N(CCCN(C)C)C(=S)N[C@@H]1c1c(F)cccc1F. The molecule has 1 aromatic carbocycles. The summed E-state index contributed by atoms with van der Waals surface area (Å²) in [5.41, 5.74) is 0.470. The van der Waals surface area contributed by atoms with Crippen LogP contribution in [0.4, 0.5) is 8.78 Å². The fourth-order valence-electron chi connectivity index (χ4n) is 3.07. The van der Waals surface area contributed by atoms with Crippen LogP contribution in [0, 0.1) is 11.6 Å². The lowest BCUT2D eigenvalue weighted by atomic mass is 9.94. The highest BCUT2D eigenvalue weighted by Gasteiger charge is 2.37. The van der Waals surface area contributed by atoms with E-state index in [2.05, 4.69) is 5.32 Å². The average Bonchev–Trinajstić information content (AvgIpc) is 2.57. The van der Waals surface area contributed by atoms with Crippen molar-refractivity contribution in [3.63, 3.8) is 0 Å². The van der Waals surface area contributed by atoms with Crippen molar-refractivity contribution in [3.8, 4) is 0 Å². The van der Waals surface area contributed by atoms with Crippen molar-refractivity contribution in [2.24, 2.45) is 0 Å². The Morgan fingerprint density at radius 2 is 1.96 bits per heavy atom. The van der Waals surface area contributed by atoms with Gasteiger partial charge in [-0.1, -0.05) is 6.07 Å². The van der Waals surface area contributed by atoms with E-state index >= 15 is 0 Å². The molecule has 0 saturated carbocycles. The number of nitrogens with zero attached hydrogens (tertiary/aromatic N) is 2. The van der Waals surface area contributed by atoms with Gasteiger partial charge in [-0.05, 0) is 65.3 Å². The van der Waals surface area contributed by atoms with Crippen LogP contribution in [0.2, 0.25) is 0 Å². The summed E-state index contributed by atoms with van der Waals surface area (Å²) in [7, 11) is 3.94. The molecular weight excluding hydrogens is 372 g/mol. The normalized spacial score (nSPS) is 17.4.